The summed E-state index contributed by atoms with van der Waals surface area (Å²) in [5.74, 6) is 1.31. The molecule has 1 saturated carbocycles. The second-order valence-corrected chi connectivity index (χ2v) is 8.30. The number of hydrogen-bond donors (Lipinski definition) is 1. The molecule has 1 aliphatic carbocycles. The summed E-state index contributed by atoms with van der Waals surface area (Å²) < 4.78 is 0. The maximum atomic E-state index is 6.28. The summed E-state index contributed by atoms with van der Waals surface area (Å²) in [5, 5.41) is 5.56. The van der Waals surface area contributed by atoms with Crippen molar-refractivity contribution in [1.82, 2.24) is 10.3 Å². The smallest absolute Gasteiger partial charge is 0.157 e. The molecule has 3 nitrogen and oxygen atoms in total. The summed E-state index contributed by atoms with van der Waals surface area (Å²) in [4.78, 5) is 9.12. The van der Waals surface area contributed by atoms with E-state index in [-0.39, 0.29) is 0 Å². The van der Waals surface area contributed by atoms with Crippen LogP contribution in [0.15, 0.2) is 35.3 Å². The third kappa shape index (κ3) is 4.07. The Morgan fingerprint density at radius 3 is 2.81 bits per heavy atom. The largest absolute Gasteiger partial charge is 0.310 e. The van der Waals surface area contributed by atoms with Gasteiger partial charge >= 0.3 is 0 Å². The van der Waals surface area contributed by atoms with Crippen molar-refractivity contribution in [3.63, 3.8) is 0 Å². The van der Waals surface area contributed by atoms with E-state index in [0.29, 0.717) is 22.1 Å². The molecule has 2 unspecified atom stereocenters. The fraction of sp³-hybridized carbons (Fsp3) is 0.400. The van der Waals surface area contributed by atoms with Gasteiger partial charge in [0.2, 0.25) is 0 Å². The zero-order valence-corrected chi connectivity index (χ0v) is 16.6. The molecule has 2 aromatic rings. The Labute approximate surface area is 168 Å². The zero-order chi connectivity index (χ0) is 18.1. The Balaban J connectivity index is 1.38. The van der Waals surface area contributed by atoms with E-state index >= 15 is 0 Å². The van der Waals surface area contributed by atoms with Gasteiger partial charge in [-0.3, -0.25) is 0 Å². The van der Waals surface area contributed by atoms with Crippen LogP contribution in [0, 0.1) is 5.92 Å². The van der Waals surface area contributed by atoms with Gasteiger partial charge in [0.05, 0.1) is 0 Å². The number of rotatable bonds is 4. The lowest BCUT2D eigenvalue weighted by Gasteiger charge is -2.30. The van der Waals surface area contributed by atoms with Gasteiger partial charge in [0.15, 0.2) is 5.82 Å². The standard InChI is InChI=1S/C20H20Cl3N3/c21-15-6-4-14(17(22)10-15)11-24-16-3-1-2-12(8-16)18-9-13-5-7-19(23)26-20(13)25-18/h4-7,10,12,16,24H,1-3,8-9,11H2. The van der Waals surface area contributed by atoms with Crippen LogP contribution in [0.4, 0.5) is 5.82 Å². The minimum Gasteiger partial charge on any atom is -0.310 e. The van der Waals surface area contributed by atoms with Gasteiger partial charge in [-0.25, -0.2) is 9.98 Å². The van der Waals surface area contributed by atoms with Crippen LogP contribution in [0.3, 0.4) is 0 Å². The Hall–Kier alpha value is -1.13. The van der Waals surface area contributed by atoms with E-state index < -0.39 is 0 Å². The molecule has 0 spiro atoms. The van der Waals surface area contributed by atoms with Gasteiger partial charge in [-0.05, 0) is 48.9 Å². The fourth-order valence-electron chi connectivity index (χ4n) is 3.89. The van der Waals surface area contributed by atoms with Crippen molar-refractivity contribution in [3.05, 3.63) is 56.7 Å². The van der Waals surface area contributed by atoms with Crippen molar-refractivity contribution in [2.45, 2.75) is 44.7 Å². The maximum absolute atomic E-state index is 6.28. The molecule has 0 bridgehead atoms. The van der Waals surface area contributed by atoms with Gasteiger partial charge < -0.3 is 5.32 Å². The number of nitrogens with zero attached hydrogens (tertiary/aromatic N) is 2. The quantitative estimate of drug-likeness (QED) is 0.628. The molecule has 1 N–H and O–H groups in total. The molecular formula is C20H20Cl3N3. The van der Waals surface area contributed by atoms with Crippen LogP contribution in [-0.2, 0) is 13.0 Å². The van der Waals surface area contributed by atoms with Gasteiger partial charge in [0, 0.05) is 40.3 Å². The topological polar surface area (TPSA) is 37.3 Å². The molecule has 26 heavy (non-hydrogen) atoms. The first-order chi connectivity index (χ1) is 12.6. The van der Waals surface area contributed by atoms with Crippen LogP contribution in [0.5, 0.6) is 0 Å². The number of benzene rings is 1. The summed E-state index contributed by atoms with van der Waals surface area (Å²) in [6, 6.07) is 10.0. The summed E-state index contributed by atoms with van der Waals surface area (Å²) in [6.07, 6.45) is 5.60. The van der Waals surface area contributed by atoms with Crippen molar-refractivity contribution >= 4 is 46.3 Å². The van der Waals surface area contributed by atoms with E-state index in [0.717, 1.165) is 35.8 Å². The first kappa shape index (κ1) is 18.2. The average Bonchev–Trinajstić information content (AvgIpc) is 3.04. The first-order valence-electron chi connectivity index (χ1n) is 8.98. The predicted octanol–water partition coefficient (Wildman–Crippen LogP) is 6.02. The lowest BCUT2D eigenvalue weighted by Crippen LogP contribution is -2.36. The highest BCUT2D eigenvalue weighted by atomic mass is 35.5. The molecule has 2 heterocycles. The summed E-state index contributed by atoms with van der Waals surface area (Å²) in [6.45, 7) is 0.761. The SMILES string of the molecule is Clc1ccc(CNC2CCCC(C3=Nc4nc(Cl)ccc4C3)C2)c(Cl)c1. The van der Waals surface area contributed by atoms with Crippen molar-refractivity contribution < 1.29 is 0 Å². The number of pyridine rings is 1. The van der Waals surface area contributed by atoms with Crippen LogP contribution >= 0.6 is 34.8 Å². The molecule has 1 aromatic carbocycles. The maximum Gasteiger partial charge on any atom is 0.157 e. The van der Waals surface area contributed by atoms with Gasteiger partial charge in [-0.15, -0.1) is 0 Å². The minimum atomic E-state index is 0.475. The third-order valence-corrected chi connectivity index (χ3v) is 6.08. The summed E-state index contributed by atoms with van der Waals surface area (Å²) >= 11 is 18.2. The lowest BCUT2D eigenvalue weighted by atomic mass is 9.81. The van der Waals surface area contributed by atoms with Crippen LogP contribution in [0.1, 0.15) is 36.8 Å². The van der Waals surface area contributed by atoms with Crippen molar-refractivity contribution in [1.29, 1.82) is 0 Å². The molecule has 2 aliphatic rings. The molecule has 0 amide bonds. The molecule has 136 valence electrons. The second-order valence-electron chi connectivity index (χ2n) is 7.07. The average molecular weight is 409 g/mol. The van der Waals surface area contributed by atoms with E-state index in [1.807, 2.05) is 24.3 Å². The Kier molecular flexibility index (Phi) is 5.51. The highest BCUT2D eigenvalue weighted by Crippen LogP contribution is 2.34. The zero-order valence-electron chi connectivity index (χ0n) is 14.3. The second kappa shape index (κ2) is 7.85. The Morgan fingerprint density at radius 1 is 1.08 bits per heavy atom. The van der Waals surface area contributed by atoms with Gasteiger partial charge in [0.1, 0.15) is 5.15 Å². The Bertz CT molecular complexity index is 850. The van der Waals surface area contributed by atoms with Crippen LogP contribution in [0.25, 0.3) is 0 Å². The molecule has 6 heteroatoms. The van der Waals surface area contributed by atoms with Gasteiger partial charge in [0.25, 0.3) is 0 Å². The van der Waals surface area contributed by atoms with E-state index in [1.165, 1.54) is 30.5 Å². The predicted molar refractivity (Wildman–Crippen MR) is 109 cm³/mol. The number of aliphatic imine (C=N–C) groups is 1. The molecule has 1 aromatic heterocycles. The van der Waals surface area contributed by atoms with Gasteiger partial charge in [-0.2, -0.15) is 0 Å². The van der Waals surface area contributed by atoms with Crippen molar-refractivity contribution in [2.24, 2.45) is 10.9 Å². The number of nitrogens with one attached hydrogen (secondary N) is 1. The monoisotopic (exact) mass is 407 g/mol. The van der Waals surface area contributed by atoms with E-state index in [1.54, 1.807) is 6.07 Å². The Morgan fingerprint density at radius 2 is 1.96 bits per heavy atom. The van der Waals surface area contributed by atoms with E-state index in [2.05, 4.69) is 10.3 Å². The lowest BCUT2D eigenvalue weighted by molar-refractivity contribution is 0.333. The van der Waals surface area contributed by atoms with Crippen molar-refractivity contribution in [3.8, 4) is 0 Å². The molecular weight excluding hydrogens is 389 g/mol. The molecule has 1 aliphatic heterocycles. The molecule has 1 fully saturated rings. The number of fused-ring (bicyclic) bond motifs is 1. The van der Waals surface area contributed by atoms with Gasteiger partial charge in [-0.1, -0.05) is 53.4 Å². The summed E-state index contributed by atoms with van der Waals surface area (Å²) in [5.41, 5.74) is 3.53. The summed E-state index contributed by atoms with van der Waals surface area (Å²) in [7, 11) is 0. The normalized spacial score (nSPS) is 22.2. The van der Waals surface area contributed by atoms with Crippen LogP contribution in [0.2, 0.25) is 15.2 Å². The molecule has 4 rings (SSSR count). The fourth-order valence-corrected chi connectivity index (χ4v) is 4.51. The van der Waals surface area contributed by atoms with Crippen LogP contribution < -0.4 is 5.32 Å². The number of hydrogen-bond acceptors (Lipinski definition) is 3. The molecule has 0 saturated heterocycles. The highest BCUT2D eigenvalue weighted by molar-refractivity contribution is 6.35. The molecule has 2 atom stereocenters. The minimum absolute atomic E-state index is 0.475. The van der Waals surface area contributed by atoms with Crippen molar-refractivity contribution in [2.75, 3.05) is 0 Å². The van der Waals surface area contributed by atoms with E-state index in [9.17, 15) is 0 Å². The third-order valence-electron chi connectivity index (χ3n) is 5.28. The van der Waals surface area contributed by atoms with E-state index in [4.69, 9.17) is 39.8 Å². The number of halogens is 3. The van der Waals surface area contributed by atoms with Crippen LogP contribution in [-0.4, -0.2) is 16.7 Å². The first-order valence-corrected chi connectivity index (χ1v) is 10.1. The number of aromatic nitrogens is 1. The highest BCUT2D eigenvalue weighted by Gasteiger charge is 2.29. The molecule has 0 radical (unpaired) electrons.